The van der Waals surface area contributed by atoms with Crippen molar-refractivity contribution in [3.05, 3.63) is 64.7 Å². The zero-order valence-corrected chi connectivity index (χ0v) is 10.9. The molecule has 2 rings (SSSR count). The van der Waals surface area contributed by atoms with Crippen LogP contribution in [-0.4, -0.2) is 5.11 Å². The van der Waals surface area contributed by atoms with Gasteiger partial charge < -0.3 is 10.8 Å². The Morgan fingerprint density at radius 1 is 1.00 bits per heavy atom. The maximum Gasteiger partial charge on any atom is 0.0850 e. The van der Waals surface area contributed by atoms with Gasteiger partial charge in [-0.25, -0.2) is 0 Å². The van der Waals surface area contributed by atoms with Crippen molar-refractivity contribution >= 4 is 5.69 Å². The van der Waals surface area contributed by atoms with Crippen LogP contribution in [0.3, 0.4) is 0 Å². The fourth-order valence-corrected chi connectivity index (χ4v) is 2.29. The van der Waals surface area contributed by atoms with Gasteiger partial charge in [-0.2, -0.15) is 0 Å². The van der Waals surface area contributed by atoms with Crippen LogP contribution in [0.1, 0.15) is 28.4 Å². The molecule has 1 unspecified atom stereocenters. The van der Waals surface area contributed by atoms with Crippen molar-refractivity contribution in [3.63, 3.8) is 0 Å². The van der Waals surface area contributed by atoms with Crippen LogP contribution in [0.25, 0.3) is 0 Å². The summed E-state index contributed by atoms with van der Waals surface area (Å²) in [4.78, 5) is 0. The molecule has 2 nitrogen and oxygen atoms in total. The van der Waals surface area contributed by atoms with Gasteiger partial charge in [-0.15, -0.1) is 0 Å². The number of aliphatic hydroxyl groups is 1. The maximum atomic E-state index is 10.3. The van der Waals surface area contributed by atoms with Gasteiger partial charge in [-0.1, -0.05) is 36.4 Å². The lowest BCUT2D eigenvalue weighted by Crippen LogP contribution is -2.07. The number of aliphatic hydroxyl groups excluding tert-OH is 1. The normalized spacial score (nSPS) is 12.4. The Labute approximate surface area is 108 Å². The molecule has 1 atom stereocenters. The summed E-state index contributed by atoms with van der Waals surface area (Å²) in [6.45, 7) is 4.15. The summed E-state index contributed by atoms with van der Waals surface area (Å²) >= 11 is 0. The number of para-hydroxylation sites is 1. The van der Waals surface area contributed by atoms with Crippen LogP contribution in [0.15, 0.2) is 42.5 Å². The van der Waals surface area contributed by atoms with E-state index in [4.69, 9.17) is 5.73 Å². The van der Waals surface area contributed by atoms with Gasteiger partial charge in [0.05, 0.1) is 6.10 Å². The highest BCUT2D eigenvalue weighted by Gasteiger charge is 2.13. The molecule has 0 bridgehead atoms. The molecule has 0 radical (unpaired) electrons. The standard InChI is InChI=1S/C16H19NO/c1-11-6-5-7-12(2)14(11)10-16(18)13-8-3-4-9-15(13)17/h3-9,16,18H,10,17H2,1-2H3. The Morgan fingerprint density at radius 2 is 1.61 bits per heavy atom. The molecule has 0 aliphatic rings. The summed E-state index contributed by atoms with van der Waals surface area (Å²) in [6.07, 6.45) is 0.0539. The molecule has 0 saturated heterocycles. The number of rotatable bonds is 3. The quantitative estimate of drug-likeness (QED) is 0.811. The van der Waals surface area contributed by atoms with Gasteiger partial charge in [0.25, 0.3) is 0 Å². The second-order valence-corrected chi connectivity index (χ2v) is 4.72. The first-order valence-corrected chi connectivity index (χ1v) is 6.17. The topological polar surface area (TPSA) is 46.2 Å². The van der Waals surface area contributed by atoms with Crippen molar-refractivity contribution in [1.82, 2.24) is 0 Å². The van der Waals surface area contributed by atoms with Gasteiger partial charge in [0.2, 0.25) is 0 Å². The van der Waals surface area contributed by atoms with Crippen LogP contribution >= 0.6 is 0 Å². The summed E-state index contributed by atoms with van der Waals surface area (Å²) < 4.78 is 0. The number of anilines is 1. The van der Waals surface area contributed by atoms with Crippen molar-refractivity contribution in [2.75, 3.05) is 5.73 Å². The minimum atomic E-state index is -0.550. The Balaban J connectivity index is 2.27. The molecule has 0 aliphatic heterocycles. The van der Waals surface area contributed by atoms with E-state index in [2.05, 4.69) is 26.0 Å². The highest BCUT2D eigenvalue weighted by molar-refractivity contribution is 5.48. The average molecular weight is 241 g/mol. The summed E-state index contributed by atoms with van der Waals surface area (Å²) in [5.41, 5.74) is 11.0. The smallest absolute Gasteiger partial charge is 0.0850 e. The zero-order chi connectivity index (χ0) is 13.1. The third-order valence-corrected chi connectivity index (χ3v) is 3.40. The van der Waals surface area contributed by atoms with E-state index in [0.717, 1.165) is 5.56 Å². The van der Waals surface area contributed by atoms with E-state index in [-0.39, 0.29) is 0 Å². The Hall–Kier alpha value is -1.80. The summed E-state index contributed by atoms with van der Waals surface area (Å²) in [7, 11) is 0. The van der Waals surface area contributed by atoms with Crippen LogP contribution < -0.4 is 5.73 Å². The van der Waals surface area contributed by atoms with Crippen LogP contribution in [0, 0.1) is 13.8 Å². The fraction of sp³-hybridized carbons (Fsp3) is 0.250. The molecule has 18 heavy (non-hydrogen) atoms. The van der Waals surface area contributed by atoms with E-state index >= 15 is 0 Å². The minimum absolute atomic E-state index is 0.550. The molecule has 2 aromatic rings. The second kappa shape index (κ2) is 5.23. The largest absolute Gasteiger partial charge is 0.398 e. The van der Waals surface area contributed by atoms with E-state index < -0.39 is 6.10 Å². The monoisotopic (exact) mass is 241 g/mol. The van der Waals surface area contributed by atoms with Gasteiger partial charge in [0.15, 0.2) is 0 Å². The number of nitrogens with two attached hydrogens (primary N) is 1. The third-order valence-electron chi connectivity index (χ3n) is 3.40. The molecule has 0 aliphatic carbocycles. The molecule has 0 saturated carbocycles. The number of benzene rings is 2. The lowest BCUT2D eigenvalue weighted by molar-refractivity contribution is 0.179. The molecule has 0 heterocycles. The molecular formula is C16H19NO. The molecule has 3 N–H and O–H groups in total. The number of hydrogen-bond acceptors (Lipinski definition) is 2. The summed E-state index contributed by atoms with van der Waals surface area (Å²) in [5.74, 6) is 0. The van der Waals surface area contributed by atoms with Crippen LogP contribution in [-0.2, 0) is 6.42 Å². The molecule has 0 aromatic heterocycles. The van der Waals surface area contributed by atoms with Crippen molar-refractivity contribution in [2.24, 2.45) is 0 Å². The van der Waals surface area contributed by atoms with E-state index in [0.29, 0.717) is 12.1 Å². The zero-order valence-electron chi connectivity index (χ0n) is 10.9. The van der Waals surface area contributed by atoms with Crippen molar-refractivity contribution in [3.8, 4) is 0 Å². The summed E-state index contributed by atoms with van der Waals surface area (Å²) in [5, 5.41) is 10.3. The van der Waals surface area contributed by atoms with Gasteiger partial charge in [0.1, 0.15) is 0 Å². The molecule has 2 aromatic carbocycles. The van der Waals surface area contributed by atoms with Crippen molar-refractivity contribution in [1.29, 1.82) is 0 Å². The fourth-order valence-electron chi connectivity index (χ4n) is 2.29. The number of hydrogen-bond donors (Lipinski definition) is 2. The van der Waals surface area contributed by atoms with Crippen molar-refractivity contribution < 1.29 is 5.11 Å². The highest BCUT2D eigenvalue weighted by atomic mass is 16.3. The van der Waals surface area contributed by atoms with Crippen LogP contribution in [0.5, 0.6) is 0 Å². The SMILES string of the molecule is Cc1cccc(C)c1CC(O)c1ccccc1N. The van der Waals surface area contributed by atoms with E-state index in [1.165, 1.54) is 16.7 Å². The molecule has 94 valence electrons. The van der Waals surface area contributed by atoms with E-state index in [9.17, 15) is 5.11 Å². The Kier molecular flexibility index (Phi) is 3.68. The minimum Gasteiger partial charge on any atom is -0.398 e. The number of nitrogen functional groups attached to an aromatic ring is 1. The first kappa shape index (κ1) is 12.7. The maximum absolute atomic E-state index is 10.3. The van der Waals surface area contributed by atoms with E-state index in [1.807, 2.05) is 30.3 Å². The van der Waals surface area contributed by atoms with Gasteiger partial charge in [0, 0.05) is 17.7 Å². The van der Waals surface area contributed by atoms with Gasteiger partial charge >= 0.3 is 0 Å². The molecular weight excluding hydrogens is 222 g/mol. The number of aryl methyl sites for hydroxylation is 2. The second-order valence-electron chi connectivity index (χ2n) is 4.72. The average Bonchev–Trinajstić information content (AvgIpc) is 2.34. The first-order valence-electron chi connectivity index (χ1n) is 6.17. The van der Waals surface area contributed by atoms with E-state index in [1.54, 1.807) is 0 Å². The van der Waals surface area contributed by atoms with Crippen molar-refractivity contribution in [2.45, 2.75) is 26.4 Å². The molecule has 0 fully saturated rings. The van der Waals surface area contributed by atoms with Gasteiger partial charge in [-0.05, 0) is 36.6 Å². The lowest BCUT2D eigenvalue weighted by atomic mass is 9.94. The highest BCUT2D eigenvalue weighted by Crippen LogP contribution is 2.26. The van der Waals surface area contributed by atoms with Gasteiger partial charge in [-0.3, -0.25) is 0 Å². The first-order chi connectivity index (χ1) is 8.59. The predicted molar refractivity (Wildman–Crippen MR) is 75.4 cm³/mol. The lowest BCUT2D eigenvalue weighted by Gasteiger charge is -2.16. The summed E-state index contributed by atoms with van der Waals surface area (Å²) in [6, 6.07) is 13.7. The Morgan fingerprint density at radius 3 is 2.22 bits per heavy atom. The molecule has 0 amide bonds. The predicted octanol–water partition coefficient (Wildman–Crippen LogP) is 3.16. The van der Waals surface area contributed by atoms with Crippen LogP contribution in [0.2, 0.25) is 0 Å². The third kappa shape index (κ3) is 2.54. The molecule has 0 spiro atoms. The molecule has 2 heteroatoms. The van der Waals surface area contributed by atoms with Crippen LogP contribution in [0.4, 0.5) is 5.69 Å². The Bertz CT molecular complexity index is 528.